The maximum atomic E-state index is 13.7. The molecule has 0 radical (unpaired) electrons. The summed E-state index contributed by atoms with van der Waals surface area (Å²) in [4.78, 5) is 7.04. The smallest absolute Gasteiger partial charge is 0.367 e. The number of hydrogen-bond donors (Lipinski definition) is 3. The van der Waals surface area contributed by atoms with Crippen molar-refractivity contribution >= 4 is 28.0 Å². The zero-order valence-electron chi connectivity index (χ0n) is 18.8. The van der Waals surface area contributed by atoms with E-state index in [1.807, 2.05) is 18.2 Å². The molecule has 0 atom stereocenters. The molecule has 2 aromatic heterocycles. The summed E-state index contributed by atoms with van der Waals surface area (Å²) in [6, 6.07) is 3.87. The molecule has 5 rings (SSSR count). The summed E-state index contributed by atoms with van der Waals surface area (Å²) in [5.41, 5.74) is 1.62. The maximum absolute atomic E-state index is 13.7. The molecule has 1 saturated carbocycles. The first-order valence-electron chi connectivity index (χ1n) is 11.8. The van der Waals surface area contributed by atoms with E-state index in [4.69, 9.17) is 4.99 Å². The van der Waals surface area contributed by atoms with Crippen LogP contribution in [0.5, 0.6) is 0 Å². The van der Waals surface area contributed by atoms with Gasteiger partial charge in [-0.05, 0) is 37.0 Å². The van der Waals surface area contributed by atoms with Gasteiger partial charge in [0.2, 0.25) is 0 Å². The fourth-order valence-electron chi connectivity index (χ4n) is 4.79. The third-order valence-electron chi connectivity index (χ3n) is 6.59. The number of anilines is 1. The first-order valence-corrected chi connectivity index (χ1v) is 11.8. The Morgan fingerprint density at radius 3 is 2.68 bits per heavy atom. The summed E-state index contributed by atoms with van der Waals surface area (Å²) in [5.74, 6) is 0.351. The van der Waals surface area contributed by atoms with Crippen LogP contribution in [0.2, 0.25) is 0 Å². The Morgan fingerprint density at radius 2 is 1.91 bits per heavy atom. The number of fused-ring (bicyclic) bond motifs is 1. The van der Waals surface area contributed by atoms with Crippen LogP contribution < -0.4 is 10.2 Å². The number of aliphatic imine (C=N–C) groups is 1. The molecule has 0 amide bonds. The zero-order chi connectivity index (χ0) is 23.5. The van der Waals surface area contributed by atoms with Crippen molar-refractivity contribution in [3.63, 3.8) is 0 Å². The fourth-order valence-corrected chi connectivity index (χ4v) is 4.79. The lowest BCUT2D eigenvalue weighted by atomic mass is 9.88. The van der Waals surface area contributed by atoms with Gasteiger partial charge >= 0.3 is 6.18 Å². The molecule has 1 aromatic carbocycles. The number of aromatic amines is 2. The first kappa shape index (κ1) is 22.6. The molecule has 1 saturated heterocycles. The predicted octanol–water partition coefficient (Wildman–Crippen LogP) is 4.97. The number of allylic oxidation sites excluding steroid dienone is 2. The summed E-state index contributed by atoms with van der Waals surface area (Å²) >= 11 is 0. The number of hydrogen-bond acceptors (Lipinski definition) is 5. The second-order valence-electron chi connectivity index (χ2n) is 8.93. The van der Waals surface area contributed by atoms with Crippen LogP contribution in [-0.4, -0.2) is 52.3 Å². The predicted molar refractivity (Wildman–Crippen MR) is 127 cm³/mol. The minimum atomic E-state index is -4.58. The molecule has 1 aliphatic heterocycles. The Morgan fingerprint density at radius 1 is 1.12 bits per heavy atom. The minimum Gasteiger partial charge on any atom is -0.367 e. The number of nitrogens with zero attached hydrogens (tertiary/aromatic N) is 4. The highest BCUT2D eigenvalue weighted by molar-refractivity contribution is 6.11. The van der Waals surface area contributed by atoms with Crippen LogP contribution in [-0.2, 0) is 6.18 Å². The van der Waals surface area contributed by atoms with Gasteiger partial charge in [-0.25, -0.2) is 4.99 Å². The number of nitrogens with one attached hydrogen (secondary N) is 3. The summed E-state index contributed by atoms with van der Waals surface area (Å²) in [6.45, 7) is 3.24. The van der Waals surface area contributed by atoms with E-state index in [9.17, 15) is 13.2 Å². The van der Waals surface area contributed by atoms with Crippen molar-refractivity contribution in [3.05, 3.63) is 47.9 Å². The SMILES string of the molecule is FC(F)(F)c1n[nH]cc1C(/C=C/C1CCCCC1)=N/c1cc2cn[nH]c2cc1N1CCNCC1. The van der Waals surface area contributed by atoms with E-state index in [0.29, 0.717) is 11.6 Å². The number of piperazine rings is 1. The molecule has 10 heteroatoms. The van der Waals surface area contributed by atoms with Gasteiger partial charge in [0.15, 0.2) is 5.69 Å². The first-order chi connectivity index (χ1) is 16.5. The number of halogens is 3. The van der Waals surface area contributed by atoms with Crippen LogP contribution in [0.1, 0.15) is 43.4 Å². The van der Waals surface area contributed by atoms with Gasteiger partial charge in [0.1, 0.15) is 0 Å². The monoisotopic (exact) mass is 471 g/mol. The second-order valence-corrected chi connectivity index (χ2v) is 8.93. The third-order valence-corrected chi connectivity index (χ3v) is 6.59. The average molecular weight is 472 g/mol. The van der Waals surface area contributed by atoms with Gasteiger partial charge in [0.05, 0.1) is 34.4 Å². The number of aromatic nitrogens is 4. The highest BCUT2D eigenvalue weighted by Crippen LogP contribution is 2.36. The van der Waals surface area contributed by atoms with Gasteiger partial charge in [0, 0.05) is 37.8 Å². The van der Waals surface area contributed by atoms with E-state index >= 15 is 0 Å². The van der Waals surface area contributed by atoms with E-state index in [1.54, 1.807) is 12.3 Å². The number of rotatable bonds is 5. The van der Waals surface area contributed by atoms with Crippen molar-refractivity contribution in [2.75, 3.05) is 31.1 Å². The largest absolute Gasteiger partial charge is 0.435 e. The molecule has 0 unspecified atom stereocenters. The molecule has 0 bridgehead atoms. The van der Waals surface area contributed by atoms with Gasteiger partial charge in [-0.3, -0.25) is 10.2 Å². The number of benzene rings is 1. The van der Waals surface area contributed by atoms with Gasteiger partial charge < -0.3 is 10.2 Å². The average Bonchev–Trinajstić information content (AvgIpc) is 3.52. The molecule has 2 aliphatic rings. The highest BCUT2D eigenvalue weighted by Gasteiger charge is 2.37. The highest BCUT2D eigenvalue weighted by atomic mass is 19.4. The quantitative estimate of drug-likeness (QED) is 0.459. The summed E-state index contributed by atoms with van der Waals surface area (Å²) in [5, 5.41) is 17.2. The number of H-pyrrole nitrogens is 2. The van der Waals surface area contributed by atoms with Crippen molar-refractivity contribution in [1.29, 1.82) is 0 Å². The van der Waals surface area contributed by atoms with Crippen molar-refractivity contribution in [3.8, 4) is 0 Å². The van der Waals surface area contributed by atoms with Crippen molar-refractivity contribution in [2.24, 2.45) is 10.9 Å². The molecule has 7 nitrogen and oxygen atoms in total. The topological polar surface area (TPSA) is 85.0 Å². The lowest BCUT2D eigenvalue weighted by Gasteiger charge is -2.30. The molecule has 0 spiro atoms. The van der Waals surface area contributed by atoms with E-state index in [2.05, 4.69) is 30.6 Å². The minimum absolute atomic E-state index is 0.0434. The lowest BCUT2D eigenvalue weighted by Crippen LogP contribution is -2.43. The van der Waals surface area contributed by atoms with Crippen LogP contribution in [0.15, 0.2) is 41.7 Å². The van der Waals surface area contributed by atoms with Crippen LogP contribution in [0.25, 0.3) is 10.9 Å². The van der Waals surface area contributed by atoms with E-state index < -0.39 is 11.9 Å². The van der Waals surface area contributed by atoms with Crippen molar-refractivity contribution in [1.82, 2.24) is 25.7 Å². The van der Waals surface area contributed by atoms with Crippen molar-refractivity contribution in [2.45, 2.75) is 38.3 Å². The Kier molecular flexibility index (Phi) is 6.40. The van der Waals surface area contributed by atoms with Gasteiger partial charge in [-0.1, -0.05) is 25.3 Å². The Bertz CT molecular complexity index is 1180. The third kappa shape index (κ3) is 4.86. The Hall–Kier alpha value is -3.14. The lowest BCUT2D eigenvalue weighted by molar-refractivity contribution is -0.141. The van der Waals surface area contributed by atoms with E-state index in [1.165, 1.54) is 12.6 Å². The molecule has 3 heterocycles. The van der Waals surface area contributed by atoms with Crippen LogP contribution >= 0.6 is 0 Å². The zero-order valence-corrected chi connectivity index (χ0v) is 18.8. The standard InChI is InChI=1S/C24H28F3N7/c25-24(26,27)23-18(15-30-33-23)19(7-6-16-4-2-1-3-5-16)31-21-12-17-14-29-32-20(17)13-22(21)34-10-8-28-9-11-34/h6-7,12-16,28H,1-5,8-11H2,(H,29,32)(H,30,33)/b7-6+,31-19+. The van der Waals surface area contributed by atoms with Crippen molar-refractivity contribution < 1.29 is 13.2 Å². The van der Waals surface area contributed by atoms with Crippen LogP contribution in [0.3, 0.4) is 0 Å². The molecular weight excluding hydrogens is 443 g/mol. The molecule has 34 heavy (non-hydrogen) atoms. The summed E-state index contributed by atoms with van der Waals surface area (Å²) in [7, 11) is 0. The van der Waals surface area contributed by atoms with Crippen LogP contribution in [0.4, 0.5) is 24.5 Å². The molecule has 3 aromatic rings. The molecule has 3 N–H and O–H groups in total. The Labute approximate surface area is 195 Å². The Balaban J connectivity index is 1.62. The van der Waals surface area contributed by atoms with E-state index in [0.717, 1.165) is 68.5 Å². The second kappa shape index (κ2) is 9.61. The van der Waals surface area contributed by atoms with Gasteiger partial charge in [-0.2, -0.15) is 23.4 Å². The molecule has 180 valence electrons. The number of alkyl halides is 3. The molecule has 1 aliphatic carbocycles. The summed E-state index contributed by atoms with van der Waals surface area (Å²) in [6.07, 6.45) is 7.78. The van der Waals surface area contributed by atoms with Gasteiger partial charge in [-0.15, -0.1) is 0 Å². The molecular formula is C24H28F3N7. The fraction of sp³-hybridized carbons (Fsp3) is 0.458. The summed E-state index contributed by atoms with van der Waals surface area (Å²) < 4.78 is 41.2. The van der Waals surface area contributed by atoms with Crippen LogP contribution in [0, 0.1) is 5.92 Å². The molecule has 2 fully saturated rings. The maximum Gasteiger partial charge on any atom is 0.435 e. The normalized spacial score (nSPS) is 18.9. The van der Waals surface area contributed by atoms with Gasteiger partial charge in [0.25, 0.3) is 0 Å². The van der Waals surface area contributed by atoms with E-state index in [-0.39, 0.29) is 11.3 Å².